The molecule has 2 aromatic heterocycles. The third kappa shape index (κ3) is 5.10. The summed E-state index contributed by atoms with van der Waals surface area (Å²) in [4.78, 5) is 21.9. The van der Waals surface area contributed by atoms with Crippen molar-refractivity contribution < 1.29 is 0 Å². The van der Waals surface area contributed by atoms with Gasteiger partial charge < -0.3 is 4.98 Å². The fraction of sp³-hybridized carbons (Fsp3) is 0.655. The molecule has 2 saturated carbocycles. The van der Waals surface area contributed by atoms with Gasteiger partial charge in [0.2, 0.25) is 0 Å². The average molecular weight is 504 g/mol. The zero-order valence-electron chi connectivity index (χ0n) is 22.2. The van der Waals surface area contributed by atoms with Crippen molar-refractivity contribution in [2.45, 2.75) is 95.7 Å². The Morgan fingerprint density at radius 1 is 0.919 bits per heavy atom. The van der Waals surface area contributed by atoms with Gasteiger partial charge in [0, 0.05) is 43.3 Å². The zero-order valence-corrected chi connectivity index (χ0v) is 22.2. The van der Waals surface area contributed by atoms with Gasteiger partial charge in [0.15, 0.2) is 5.82 Å². The molecule has 198 valence electrons. The van der Waals surface area contributed by atoms with Gasteiger partial charge in [0.25, 0.3) is 5.56 Å². The Balaban J connectivity index is 1.37. The summed E-state index contributed by atoms with van der Waals surface area (Å²) in [6.45, 7) is 6.09. The maximum Gasteiger partial charge on any atom is 0.253 e. The molecule has 3 aromatic rings. The molecule has 1 aliphatic heterocycles. The Labute approximate surface area is 219 Å². The number of H-pyrrole nitrogens is 1. The maximum absolute atomic E-state index is 13.6. The number of fused-ring (bicyclic) bond motifs is 1. The summed E-state index contributed by atoms with van der Waals surface area (Å²) >= 11 is 0. The number of hydrogen-bond acceptors (Lipinski definition) is 6. The van der Waals surface area contributed by atoms with Crippen LogP contribution in [0, 0.1) is 0 Å². The second kappa shape index (κ2) is 11.0. The number of tetrazole rings is 1. The van der Waals surface area contributed by atoms with Crippen LogP contribution in [-0.4, -0.2) is 67.2 Å². The summed E-state index contributed by atoms with van der Waals surface area (Å²) in [6, 6.07) is 9.23. The lowest BCUT2D eigenvalue weighted by atomic mass is 9.93. The molecule has 8 nitrogen and oxygen atoms in total. The van der Waals surface area contributed by atoms with Crippen LogP contribution >= 0.6 is 0 Å². The van der Waals surface area contributed by atoms with E-state index in [1.807, 2.05) is 6.07 Å². The van der Waals surface area contributed by atoms with Crippen LogP contribution in [0.1, 0.15) is 100 Å². The van der Waals surface area contributed by atoms with Crippen molar-refractivity contribution in [3.63, 3.8) is 0 Å². The SMILES string of the molecule is CCc1ccc2[nH]c(=O)c([C@H](c3nnnn3C3CCCCC3)N3CCN(C4CCCCC4)CC3)cc2c1. The van der Waals surface area contributed by atoms with Crippen LogP contribution < -0.4 is 5.56 Å². The lowest BCUT2D eigenvalue weighted by Gasteiger charge is -2.43. The van der Waals surface area contributed by atoms with Gasteiger partial charge in [-0.3, -0.25) is 14.6 Å². The topological polar surface area (TPSA) is 82.9 Å². The van der Waals surface area contributed by atoms with E-state index in [9.17, 15) is 4.79 Å². The Hall–Kier alpha value is -2.58. The highest BCUT2D eigenvalue weighted by Crippen LogP contribution is 2.34. The van der Waals surface area contributed by atoms with E-state index in [1.165, 1.54) is 56.9 Å². The van der Waals surface area contributed by atoms with E-state index in [1.54, 1.807) is 0 Å². The number of aryl methyl sites for hydroxylation is 1. The molecule has 3 heterocycles. The van der Waals surface area contributed by atoms with Crippen molar-refractivity contribution in [1.29, 1.82) is 0 Å². The molecule has 6 rings (SSSR count). The molecule has 37 heavy (non-hydrogen) atoms. The molecule has 1 atom stereocenters. The van der Waals surface area contributed by atoms with Crippen molar-refractivity contribution in [2.24, 2.45) is 0 Å². The summed E-state index contributed by atoms with van der Waals surface area (Å²) in [6.07, 6.45) is 13.6. The fourth-order valence-electron chi connectivity index (χ4n) is 6.97. The normalized spacial score (nSPS) is 22.0. The molecule has 1 aromatic carbocycles. The van der Waals surface area contributed by atoms with Crippen molar-refractivity contribution in [2.75, 3.05) is 26.2 Å². The summed E-state index contributed by atoms with van der Waals surface area (Å²) < 4.78 is 2.06. The van der Waals surface area contributed by atoms with E-state index in [4.69, 9.17) is 0 Å². The molecular weight excluding hydrogens is 462 g/mol. The van der Waals surface area contributed by atoms with Crippen LogP contribution in [0.15, 0.2) is 29.1 Å². The number of nitrogens with zero attached hydrogens (tertiary/aromatic N) is 6. The lowest BCUT2D eigenvalue weighted by Crippen LogP contribution is -2.52. The summed E-state index contributed by atoms with van der Waals surface area (Å²) in [5.74, 6) is 0.828. The van der Waals surface area contributed by atoms with Gasteiger partial charge in [0.05, 0.1) is 6.04 Å². The molecule has 1 saturated heterocycles. The van der Waals surface area contributed by atoms with Crippen LogP contribution in [0.2, 0.25) is 0 Å². The van der Waals surface area contributed by atoms with Crippen LogP contribution in [0.5, 0.6) is 0 Å². The van der Waals surface area contributed by atoms with Gasteiger partial charge in [-0.25, -0.2) is 4.68 Å². The highest BCUT2D eigenvalue weighted by Gasteiger charge is 2.35. The number of aromatic nitrogens is 5. The van der Waals surface area contributed by atoms with Gasteiger partial charge in [-0.05, 0) is 71.7 Å². The lowest BCUT2D eigenvalue weighted by molar-refractivity contribution is 0.0610. The largest absolute Gasteiger partial charge is 0.322 e. The van der Waals surface area contributed by atoms with Crippen LogP contribution in [-0.2, 0) is 6.42 Å². The van der Waals surface area contributed by atoms with Crippen molar-refractivity contribution >= 4 is 10.9 Å². The van der Waals surface area contributed by atoms with Gasteiger partial charge in [-0.1, -0.05) is 51.5 Å². The Kier molecular flexibility index (Phi) is 7.38. The third-order valence-corrected chi connectivity index (χ3v) is 9.13. The number of rotatable bonds is 6. The molecule has 0 spiro atoms. The number of benzene rings is 1. The Bertz CT molecular complexity index is 1250. The molecule has 8 heteroatoms. The molecule has 3 fully saturated rings. The minimum absolute atomic E-state index is 0.0327. The van der Waals surface area contributed by atoms with Gasteiger partial charge in [-0.2, -0.15) is 0 Å². The second-order valence-electron chi connectivity index (χ2n) is 11.4. The smallest absolute Gasteiger partial charge is 0.253 e. The predicted octanol–water partition coefficient (Wildman–Crippen LogP) is 4.62. The first kappa shape index (κ1) is 24.7. The minimum atomic E-state index is -0.246. The van der Waals surface area contributed by atoms with Crippen molar-refractivity contribution in [3.05, 3.63) is 51.6 Å². The van der Waals surface area contributed by atoms with E-state index in [-0.39, 0.29) is 11.6 Å². The van der Waals surface area contributed by atoms with E-state index < -0.39 is 0 Å². The first-order valence-corrected chi connectivity index (χ1v) is 14.6. The summed E-state index contributed by atoms with van der Waals surface area (Å²) in [7, 11) is 0. The number of pyridine rings is 1. The molecule has 0 unspecified atom stereocenters. The van der Waals surface area contributed by atoms with Gasteiger partial charge in [0.1, 0.15) is 6.04 Å². The highest BCUT2D eigenvalue weighted by atomic mass is 16.1. The molecule has 0 radical (unpaired) electrons. The number of piperazine rings is 1. The number of hydrogen-bond donors (Lipinski definition) is 1. The van der Waals surface area contributed by atoms with Crippen molar-refractivity contribution in [1.82, 2.24) is 35.0 Å². The second-order valence-corrected chi connectivity index (χ2v) is 11.4. The highest BCUT2D eigenvalue weighted by molar-refractivity contribution is 5.80. The van der Waals surface area contributed by atoms with Crippen LogP contribution in [0.4, 0.5) is 0 Å². The van der Waals surface area contributed by atoms with E-state index >= 15 is 0 Å². The molecular formula is C29H41N7O. The molecule has 0 bridgehead atoms. The fourth-order valence-corrected chi connectivity index (χ4v) is 6.97. The first-order chi connectivity index (χ1) is 18.2. The molecule has 1 N–H and O–H groups in total. The Morgan fingerprint density at radius 3 is 2.32 bits per heavy atom. The third-order valence-electron chi connectivity index (χ3n) is 9.13. The monoisotopic (exact) mass is 503 g/mol. The van der Waals surface area contributed by atoms with Crippen molar-refractivity contribution in [3.8, 4) is 0 Å². The standard InChI is InChI=1S/C29H41N7O/c1-2-21-13-14-26-22(19-21)20-25(29(37)30-26)27(28-31-32-33-36(28)24-11-7-4-8-12-24)35-17-15-34(16-18-35)23-9-5-3-6-10-23/h13-14,19-20,23-24,27H,2-12,15-18H2,1H3,(H,30,37)/t27-/m1/s1. The van der Waals surface area contributed by atoms with E-state index in [0.29, 0.717) is 6.04 Å². The van der Waals surface area contributed by atoms with E-state index in [0.717, 1.165) is 73.8 Å². The molecule has 0 amide bonds. The van der Waals surface area contributed by atoms with Gasteiger partial charge >= 0.3 is 0 Å². The van der Waals surface area contributed by atoms with E-state index in [2.05, 4.69) is 60.1 Å². The average Bonchev–Trinajstić information content (AvgIpc) is 3.44. The van der Waals surface area contributed by atoms with Crippen LogP contribution in [0.25, 0.3) is 10.9 Å². The molecule has 2 aliphatic carbocycles. The number of aromatic amines is 1. The Morgan fingerprint density at radius 2 is 1.62 bits per heavy atom. The molecule has 3 aliphatic rings. The zero-order chi connectivity index (χ0) is 25.2. The van der Waals surface area contributed by atoms with Crippen LogP contribution in [0.3, 0.4) is 0 Å². The maximum atomic E-state index is 13.6. The van der Waals surface area contributed by atoms with Gasteiger partial charge in [-0.15, -0.1) is 5.10 Å². The first-order valence-electron chi connectivity index (χ1n) is 14.6. The predicted molar refractivity (Wildman–Crippen MR) is 146 cm³/mol. The summed E-state index contributed by atoms with van der Waals surface area (Å²) in [5.41, 5.74) is 2.89. The quantitative estimate of drug-likeness (QED) is 0.528. The minimum Gasteiger partial charge on any atom is -0.322 e. The number of nitrogens with one attached hydrogen (secondary N) is 1. The summed E-state index contributed by atoms with van der Waals surface area (Å²) in [5, 5.41) is 14.3.